The van der Waals surface area contributed by atoms with Crippen molar-refractivity contribution >= 4 is 22.5 Å². The number of carbonyl (C=O) groups is 1. The summed E-state index contributed by atoms with van der Waals surface area (Å²) in [5.74, 6) is -0.249. The number of H-pyrrole nitrogens is 1. The molecule has 0 fully saturated rings. The van der Waals surface area contributed by atoms with Crippen molar-refractivity contribution in [3.05, 3.63) is 30.0 Å². The molecule has 1 atom stereocenters. The number of aromatic nitrogens is 1. The Kier molecular flexibility index (Phi) is 3.01. The molecule has 1 amide bonds. The van der Waals surface area contributed by atoms with Crippen LogP contribution in [0.3, 0.4) is 0 Å². The Bertz CT molecular complexity index is 546. The molecule has 1 aromatic heterocycles. The standard InChI is InChI=1S/C12H15N3O2/c1-7(16)6-14-12(17)10-5-8-3-2-4-9(13)11(8)15-10/h2-5,7,15-16H,6,13H2,1H3,(H,14,17)/t7-/m1/s1. The van der Waals surface area contributed by atoms with E-state index in [0.29, 0.717) is 11.4 Å². The third kappa shape index (κ3) is 2.39. The van der Waals surface area contributed by atoms with Crippen molar-refractivity contribution in [3.63, 3.8) is 0 Å². The molecule has 17 heavy (non-hydrogen) atoms. The summed E-state index contributed by atoms with van der Waals surface area (Å²) < 4.78 is 0. The van der Waals surface area contributed by atoms with E-state index in [0.717, 1.165) is 10.9 Å². The minimum absolute atomic E-state index is 0.226. The Hall–Kier alpha value is -2.01. The molecule has 90 valence electrons. The first-order valence-corrected chi connectivity index (χ1v) is 5.41. The van der Waals surface area contributed by atoms with E-state index in [-0.39, 0.29) is 12.5 Å². The fraction of sp³-hybridized carbons (Fsp3) is 0.250. The van der Waals surface area contributed by atoms with Crippen LogP contribution in [-0.4, -0.2) is 28.6 Å². The van der Waals surface area contributed by atoms with Crippen molar-refractivity contribution in [3.8, 4) is 0 Å². The molecule has 0 radical (unpaired) electrons. The van der Waals surface area contributed by atoms with Crippen LogP contribution in [0.1, 0.15) is 17.4 Å². The maximum Gasteiger partial charge on any atom is 0.267 e. The Morgan fingerprint density at radius 2 is 2.35 bits per heavy atom. The number of nitrogen functional groups attached to an aromatic ring is 1. The molecular formula is C12H15N3O2. The van der Waals surface area contributed by atoms with E-state index < -0.39 is 6.10 Å². The van der Waals surface area contributed by atoms with Crippen LogP contribution in [-0.2, 0) is 0 Å². The maximum absolute atomic E-state index is 11.7. The zero-order chi connectivity index (χ0) is 12.4. The molecule has 0 aliphatic heterocycles. The molecule has 1 heterocycles. The molecule has 0 aliphatic carbocycles. The van der Waals surface area contributed by atoms with Crippen LogP contribution in [0, 0.1) is 0 Å². The van der Waals surface area contributed by atoms with Crippen molar-refractivity contribution in [1.29, 1.82) is 0 Å². The lowest BCUT2D eigenvalue weighted by molar-refractivity contribution is 0.0920. The first-order chi connectivity index (χ1) is 8.08. The summed E-state index contributed by atoms with van der Waals surface area (Å²) in [7, 11) is 0. The number of anilines is 1. The predicted octanol–water partition coefficient (Wildman–Crippen LogP) is 0.861. The lowest BCUT2D eigenvalue weighted by atomic mass is 10.2. The zero-order valence-corrected chi connectivity index (χ0v) is 9.53. The first kappa shape index (κ1) is 11.5. The van der Waals surface area contributed by atoms with E-state index in [1.54, 1.807) is 19.1 Å². The van der Waals surface area contributed by atoms with Gasteiger partial charge in [-0.25, -0.2) is 0 Å². The monoisotopic (exact) mass is 233 g/mol. The fourth-order valence-corrected chi connectivity index (χ4v) is 1.64. The van der Waals surface area contributed by atoms with Crippen molar-refractivity contribution in [1.82, 2.24) is 10.3 Å². The molecule has 5 heteroatoms. The van der Waals surface area contributed by atoms with Gasteiger partial charge in [-0.05, 0) is 19.1 Å². The molecule has 0 unspecified atom stereocenters. The second-order valence-corrected chi connectivity index (χ2v) is 4.05. The number of hydrogen-bond acceptors (Lipinski definition) is 3. The van der Waals surface area contributed by atoms with Gasteiger partial charge in [0.05, 0.1) is 17.3 Å². The summed E-state index contributed by atoms with van der Waals surface area (Å²) in [4.78, 5) is 14.7. The molecule has 0 saturated carbocycles. The summed E-state index contributed by atoms with van der Waals surface area (Å²) in [6.45, 7) is 1.84. The number of fused-ring (bicyclic) bond motifs is 1. The maximum atomic E-state index is 11.7. The number of para-hydroxylation sites is 1. The van der Waals surface area contributed by atoms with Crippen LogP contribution in [0.5, 0.6) is 0 Å². The van der Waals surface area contributed by atoms with Crippen LogP contribution in [0.2, 0.25) is 0 Å². The molecule has 0 spiro atoms. The molecule has 5 nitrogen and oxygen atoms in total. The summed E-state index contributed by atoms with van der Waals surface area (Å²) in [6.07, 6.45) is -0.562. The third-order valence-electron chi connectivity index (χ3n) is 2.49. The topological polar surface area (TPSA) is 91.1 Å². The van der Waals surface area contributed by atoms with E-state index in [4.69, 9.17) is 10.8 Å². The van der Waals surface area contributed by atoms with Gasteiger partial charge in [0.25, 0.3) is 5.91 Å². The summed E-state index contributed by atoms with van der Waals surface area (Å²) >= 11 is 0. The largest absolute Gasteiger partial charge is 0.397 e. The zero-order valence-electron chi connectivity index (χ0n) is 9.53. The van der Waals surface area contributed by atoms with Gasteiger partial charge in [0.15, 0.2) is 0 Å². The van der Waals surface area contributed by atoms with Crippen LogP contribution in [0.25, 0.3) is 10.9 Å². The third-order valence-corrected chi connectivity index (χ3v) is 2.49. The minimum atomic E-state index is -0.562. The second kappa shape index (κ2) is 4.47. The highest BCUT2D eigenvalue weighted by atomic mass is 16.3. The second-order valence-electron chi connectivity index (χ2n) is 4.05. The number of nitrogens with two attached hydrogens (primary N) is 1. The Balaban J connectivity index is 2.24. The summed E-state index contributed by atoms with van der Waals surface area (Å²) in [5, 5.41) is 12.6. The van der Waals surface area contributed by atoms with Crippen LogP contribution < -0.4 is 11.1 Å². The molecular weight excluding hydrogens is 218 g/mol. The summed E-state index contributed by atoms with van der Waals surface area (Å²) in [5.41, 5.74) is 7.60. The van der Waals surface area contributed by atoms with Crippen molar-refractivity contribution in [2.75, 3.05) is 12.3 Å². The molecule has 5 N–H and O–H groups in total. The lowest BCUT2D eigenvalue weighted by Gasteiger charge is -2.05. The van der Waals surface area contributed by atoms with Crippen molar-refractivity contribution in [2.45, 2.75) is 13.0 Å². The quantitative estimate of drug-likeness (QED) is 0.592. The number of aromatic amines is 1. The minimum Gasteiger partial charge on any atom is -0.397 e. The predicted molar refractivity (Wildman–Crippen MR) is 66.7 cm³/mol. The number of aliphatic hydroxyl groups excluding tert-OH is 1. The molecule has 0 bridgehead atoms. The fourth-order valence-electron chi connectivity index (χ4n) is 1.64. The van der Waals surface area contributed by atoms with Crippen molar-refractivity contribution in [2.24, 2.45) is 0 Å². The summed E-state index contributed by atoms with van der Waals surface area (Å²) in [6, 6.07) is 7.23. The van der Waals surface area contributed by atoms with Gasteiger partial charge in [-0.2, -0.15) is 0 Å². The van der Waals surface area contributed by atoms with Gasteiger partial charge in [0.2, 0.25) is 0 Å². The highest BCUT2D eigenvalue weighted by molar-refractivity contribution is 6.00. The number of carbonyl (C=O) groups excluding carboxylic acids is 1. The van der Waals surface area contributed by atoms with E-state index in [2.05, 4.69) is 10.3 Å². The van der Waals surface area contributed by atoms with Gasteiger partial charge in [-0.15, -0.1) is 0 Å². The Morgan fingerprint density at radius 3 is 3.00 bits per heavy atom. The molecule has 2 rings (SSSR count). The lowest BCUT2D eigenvalue weighted by Crippen LogP contribution is -2.30. The van der Waals surface area contributed by atoms with Gasteiger partial charge in [-0.3, -0.25) is 4.79 Å². The molecule has 2 aromatic rings. The Morgan fingerprint density at radius 1 is 1.59 bits per heavy atom. The average Bonchev–Trinajstić information content (AvgIpc) is 2.71. The molecule has 1 aromatic carbocycles. The van der Waals surface area contributed by atoms with Crippen LogP contribution >= 0.6 is 0 Å². The van der Waals surface area contributed by atoms with Gasteiger partial charge < -0.3 is 21.1 Å². The Labute approximate surface area is 98.6 Å². The van der Waals surface area contributed by atoms with Gasteiger partial charge in [-0.1, -0.05) is 12.1 Å². The van der Waals surface area contributed by atoms with Gasteiger partial charge in [0.1, 0.15) is 5.69 Å². The highest BCUT2D eigenvalue weighted by Gasteiger charge is 2.10. The average molecular weight is 233 g/mol. The number of benzene rings is 1. The number of aliphatic hydroxyl groups is 1. The van der Waals surface area contributed by atoms with E-state index in [1.807, 2.05) is 12.1 Å². The normalized spacial score (nSPS) is 12.6. The van der Waals surface area contributed by atoms with E-state index >= 15 is 0 Å². The molecule has 0 aliphatic rings. The highest BCUT2D eigenvalue weighted by Crippen LogP contribution is 2.20. The number of nitrogens with one attached hydrogen (secondary N) is 2. The van der Waals surface area contributed by atoms with E-state index in [1.165, 1.54) is 0 Å². The number of rotatable bonds is 3. The van der Waals surface area contributed by atoms with E-state index in [9.17, 15) is 4.79 Å². The van der Waals surface area contributed by atoms with Crippen molar-refractivity contribution < 1.29 is 9.90 Å². The van der Waals surface area contributed by atoms with Crippen LogP contribution in [0.15, 0.2) is 24.3 Å². The molecule has 0 saturated heterocycles. The van der Waals surface area contributed by atoms with Gasteiger partial charge >= 0.3 is 0 Å². The number of hydrogen-bond donors (Lipinski definition) is 4. The van der Waals surface area contributed by atoms with Gasteiger partial charge in [0, 0.05) is 11.9 Å². The first-order valence-electron chi connectivity index (χ1n) is 5.41. The number of amides is 1. The smallest absolute Gasteiger partial charge is 0.267 e. The SMILES string of the molecule is C[C@@H](O)CNC(=O)c1cc2cccc(N)c2[nH]1. The van der Waals surface area contributed by atoms with Crippen LogP contribution in [0.4, 0.5) is 5.69 Å².